The number of aromatic nitrogens is 1. The Morgan fingerprint density at radius 1 is 1.19 bits per heavy atom. The summed E-state index contributed by atoms with van der Waals surface area (Å²) in [5.41, 5.74) is 10.7. The van der Waals surface area contributed by atoms with E-state index in [9.17, 15) is 0 Å². The van der Waals surface area contributed by atoms with Crippen molar-refractivity contribution >= 4 is 16.7 Å². The maximum Gasteiger partial charge on any atom is 0.132 e. The molecule has 0 saturated carbocycles. The number of aryl methyl sites for hydroxylation is 2. The number of nitrogens with zero attached hydrogens (tertiary/aromatic N) is 2. The minimum absolute atomic E-state index is 0.648. The fourth-order valence-corrected chi connectivity index (χ4v) is 3.07. The molecule has 1 aliphatic heterocycles. The molecule has 0 bridgehead atoms. The highest BCUT2D eigenvalue weighted by atomic mass is 16.5. The molecule has 0 spiro atoms. The normalized spacial score (nSPS) is 15.7. The number of pyridine rings is 1. The largest absolute Gasteiger partial charge is 0.378 e. The average molecular weight is 285 g/mol. The van der Waals surface area contributed by atoms with Crippen molar-refractivity contribution in [3.05, 3.63) is 34.9 Å². The molecule has 1 saturated heterocycles. The van der Waals surface area contributed by atoms with Crippen molar-refractivity contribution in [2.24, 2.45) is 5.73 Å². The first-order valence-corrected chi connectivity index (χ1v) is 7.62. The molecule has 0 unspecified atom stereocenters. The summed E-state index contributed by atoms with van der Waals surface area (Å²) in [7, 11) is 0. The van der Waals surface area contributed by atoms with Gasteiger partial charge in [0, 0.05) is 18.5 Å². The van der Waals surface area contributed by atoms with Gasteiger partial charge in [0.05, 0.1) is 18.7 Å². The van der Waals surface area contributed by atoms with Gasteiger partial charge < -0.3 is 15.4 Å². The zero-order valence-electron chi connectivity index (χ0n) is 12.9. The second-order valence-corrected chi connectivity index (χ2v) is 5.76. The maximum atomic E-state index is 5.79. The minimum atomic E-state index is 0.648. The average Bonchev–Trinajstić information content (AvgIpc) is 2.48. The minimum Gasteiger partial charge on any atom is -0.378 e. The molecule has 0 amide bonds. The summed E-state index contributed by atoms with van der Waals surface area (Å²) in [6.45, 7) is 8.26. The number of nitrogens with two attached hydrogens (primary N) is 1. The predicted molar refractivity (Wildman–Crippen MR) is 87.0 cm³/mol. The van der Waals surface area contributed by atoms with Crippen molar-refractivity contribution in [2.45, 2.75) is 20.3 Å². The fourth-order valence-electron chi connectivity index (χ4n) is 3.07. The van der Waals surface area contributed by atoms with Crippen molar-refractivity contribution in [3.63, 3.8) is 0 Å². The highest BCUT2D eigenvalue weighted by Gasteiger charge is 2.17. The van der Waals surface area contributed by atoms with Crippen LogP contribution in [0.2, 0.25) is 0 Å². The van der Waals surface area contributed by atoms with Gasteiger partial charge in [-0.05, 0) is 50.1 Å². The molecular weight excluding hydrogens is 262 g/mol. The molecule has 4 heteroatoms. The van der Waals surface area contributed by atoms with E-state index in [0.717, 1.165) is 44.1 Å². The number of hydrogen-bond donors (Lipinski definition) is 1. The highest BCUT2D eigenvalue weighted by Crippen LogP contribution is 2.27. The summed E-state index contributed by atoms with van der Waals surface area (Å²) in [6.07, 6.45) is 0.864. The third-order valence-electron chi connectivity index (χ3n) is 4.03. The predicted octanol–water partition coefficient (Wildman–Crippen LogP) is 2.19. The Hall–Kier alpha value is -1.65. The molecule has 2 heterocycles. The van der Waals surface area contributed by atoms with Crippen LogP contribution in [0.15, 0.2) is 18.2 Å². The van der Waals surface area contributed by atoms with Crippen LogP contribution in [0.25, 0.3) is 10.9 Å². The standard InChI is InChI=1S/C17H23N3O/c1-12-9-13(2)16-15(10-12)11-14(3-4-18)17(19-16)20-5-7-21-8-6-20/h9-11H,3-8,18H2,1-2H3. The number of hydrogen-bond acceptors (Lipinski definition) is 4. The van der Waals surface area contributed by atoms with E-state index in [1.165, 1.54) is 22.1 Å². The van der Waals surface area contributed by atoms with Crippen LogP contribution in [-0.2, 0) is 11.2 Å². The van der Waals surface area contributed by atoms with Crippen LogP contribution in [0, 0.1) is 13.8 Å². The van der Waals surface area contributed by atoms with Gasteiger partial charge in [0.15, 0.2) is 0 Å². The first-order chi connectivity index (χ1) is 10.2. The van der Waals surface area contributed by atoms with Gasteiger partial charge in [-0.2, -0.15) is 0 Å². The first kappa shape index (κ1) is 14.3. The number of morpholine rings is 1. The van der Waals surface area contributed by atoms with Gasteiger partial charge in [-0.1, -0.05) is 11.6 Å². The SMILES string of the molecule is Cc1cc(C)c2nc(N3CCOCC3)c(CCN)cc2c1. The second kappa shape index (κ2) is 6.00. The molecule has 1 aromatic carbocycles. The van der Waals surface area contributed by atoms with Crippen molar-refractivity contribution in [1.29, 1.82) is 0 Å². The van der Waals surface area contributed by atoms with E-state index in [2.05, 4.69) is 36.9 Å². The van der Waals surface area contributed by atoms with Crippen LogP contribution >= 0.6 is 0 Å². The summed E-state index contributed by atoms with van der Waals surface area (Å²) < 4.78 is 5.45. The van der Waals surface area contributed by atoms with Gasteiger partial charge in [-0.3, -0.25) is 0 Å². The van der Waals surface area contributed by atoms with Gasteiger partial charge in [-0.25, -0.2) is 4.98 Å². The summed E-state index contributed by atoms with van der Waals surface area (Å²) in [5, 5.41) is 1.22. The lowest BCUT2D eigenvalue weighted by molar-refractivity contribution is 0.122. The topological polar surface area (TPSA) is 51.4 Å². The Kier molecular flexibility index (Phi) is 4.08. The van der Waals surface area contributed by atoms with Crippen LogP contribution in [0.5, 0.6) is 0 Å². The second-order valence-electron chi connectivity index (χ2n) is 5.76. The van der Waals surface area contributed by atoms with Crippen molar-refractivity contribution in [2.75, 3.05) is 37.7 Å². The molecule has 3 rings (SSSR count). The third-order valence-corrected chi connectivity index (χ3v) is 4.03. The smallest absolute Gasteiger partial charge is 0.132 e. The Balaban J connectivity index is 2.13. The molecule has 112 valence electrons. The number of ether oxygens (including phenoxy) is 1. The summed E-state index contributed by atoms with van der Waals surface area (Å²) in [5.74, 6) is 1.09. The first-order valence-electron chi connectivity index (χ1n) is 7.62. The monoisotopic (exact) mass is 285 g/mol. The number of fused-ring (bicyclic) bond motifs is 1. The van der Waals surface area contributed by atoms with Crippen LogP contribution in [0.1, 0.15) is 16.7 Å². The molecule has 1 fully saturated rings. The molecule has 0 atom stereocenters. The number of anilines is 1. The molecule has 1 aromatic heterocycles. The lowest BCUT2D eigenvalue weighted by atomic mass is 10.0. The van der Waals surface area contributed by atoms with E-state index in [1.54, 1.807) is 0 Å². The summed E-state index contributed by atoms with van der Waals surface area (Å²) in [4.78, 5) is 7.30. The maximum absolute atomic E-state index is 5.79. The van der Waals surface area contributed by atoms with E-state index in [-0.39, 0.29) is 0 Å². The summed E-state index contributed by atoms with van der Waals surface area (Å²) in [6, 6.07) is 6.67. The van der Waals surface area contributed by atoms with E-state index >= 15 is 0 Å². The molecule has 4 nitrogen and oxygen atoms in total. The molecule has 0 aliphatic carbocycles. The van der Waals surface area contributed by atoms with E-state index in [1.807, 2.05) is 0 Å². The Morgan fingerprint density at radius 2 is 1.95 bits per heavy atom. The quantitative estimate of drug-likeness (QED) is 0.939. The fraction of sp³-hybridized carbons (Fsp3) is 0.471. The molecular formula is C17H23N3O. The lowest BCUT2D eigenvalue weighted by Crippen LogP contribution is -2.37. The zero-order valence-corrected chi connectivity index (χ0v) is 12.9. The molecule has 2 aromatic rings. The van der Waals surface area contributed by atoms with Crippen molar-refractivity contribution in [3.8, 4) is 0 Å². The molecule has 1 aliphatic rings. The van der Waals surface area contributed by atoms with Crippen LogP contribution in [-0.4, -0.2) is 37.8 Å². The van der Waals surface area contributed by atoms with E-state index in [4.69, 9.17) is 15.5 Å². The Bertz CT molecular complexity index is 648. The molecule has 21 heavy (non-hydrogen) atoms. The van der Waals surface area contributed by atoms with E-state index < -0.39 is 0 Å². The Labute approximate surface area is 125 Å². The highest BCUT2D eigenvalue weighted by molar-refractivity contribution is 5.85. The van der Waals surface area contributed by atoms with Crippen LogP contribution in [0.3, 0.4) is 0 Å². The van der Waals surface area contributed by atoms with Gasteiger partial charge in [0.2, 0.25) is 0 Å². The Morgan fingerprint density at radius 3 is 2.67 bits per heavy atom. The summed E-state index contributed by atoms with van der Waals surface area (Å²) >= 11 is 0. The number of rotatable bonds is 3. The third kappa shape index (κ3) is 2.87. The molecule has 2 N–H and O–H groups in total. The van der Waals surface area contributed by atoms with Gasteiger partial charge in [0.1, 0.15) is 5.82 Å². The number of benzene rings is 1. The molecule has 0 radical (unpaired) electrons. The zero-order chi connectivity index (χ0) is 14.8. The van der Waals surface area contributed by atoms with Gasteiger partial charge in [0.25, 0.3) is 0 Å². The van der Waals surface area contributed by atoms with Crippen molar-refractivity contribution in [1.82, 2.24) is 4.98 Å². The lowest BCUT2D eigenvalue weighted by Gasteiger charge is -2.30. The van der Waals surface area contributed by atoms with Gasteiger partial charge >= 0.3 is 0 Å². The van der Waals surface area contributed by atoms with Crippen LogP contribution in [0.4, 0.5) is 5.82 Å². The van der Waals surface area contributed by atoms with Gasteiger partial charge in [-0.15, -0.1) is 0 Å². The van der Waals surface area contributed by atoms with Crippen LogP contribution < -0.4 is 10.6 Å². The van der Waals surface area contributed by atoms with E-state index in [0.29, 0.717) is 6.54 Å². The van der Waals surface area contributed by atoms with Crippen molar-refractivity contribution < 1.29 is 4.74 Å².